The standard InChI is InChI=1S/C14H16FNOS/c1-9-6-10(4-5-11(9)15)12-8-18-13(16-12)7-14(2,3)17/h4-6,8,17H,7H2,1-3H3. The molecule has 0 aliphatic rings. The number of halogens is 1. The van der Waals surface area contributed by atoms with Crippen LogP contribution in [0.1, 0.15) is 24.4 Å². The lowest BCUT2D eigenvalue weighted by Gasteiger charge is -2.14. The summed E-state index contributed by atoms with van der Waals surface area (Å²) >= 11 is 1.52. The summed E-state index contributed by atoms with van der Waals surface area (Å²) in [6, 6.07) is 4.98. The van der Waals surface area contributed by atoms with Crippen molar-refractivity contribution in [2.24, 2.45) is 0 Å². The summed E-state index contributed by atoms with van der Waals surface area (Å²) < 4.78 is 13.2. The number of thiazole rings is 1. The van der Waals surface area contributed by atoms with E-state index in [1.54, 1.807) is 32.9 Å². The van der Waals surface area contributed by atoms with Gasteiger partial charge in [-0.05, 0) is 44.5 Å². The Hall–Kier alpha value is -1.26. The molecule has 0 saturated heterocycles. The first-order valence-electron chi connectivity index (χ1n) is 5.78. The van der Waals surface area contributed by atoms with Crippen molar-refractivity contribution in [1.82, 2.24) is 4.98 Å². The van der Waals surface area contributed by atoms with E-state index < -0.39 is 5.60 Å². The van der Waals surface area contributed by atoms with E-state index in [2.05, 4.69) is 4.98 Å². The van der Waals surface area contributed by atoms with E-state index in [0.29, 0.717) is 12.0 Å². The number of aryl methyl sites for hydroxylation is 1. The Morgan fingerprint density at radius 1 is 1.39 bits per heavy atom. The number of hydrogen-bond acceptors (Lipinski definition) is 3. The zero-order valence-electron chi connectivity index (χ0n) is 10.7. The second-order valence-corrected chi connectivity index (χ2v) is 6.02. The summed E-state index contributed by atoms with van der Waals surface area (Å²) in [5, 5.41) is 12.6. The van der Waals surface area contributed by atoms with Crippen LogP contribution in [0.2, 0.25) is 0 Å². The number of aromatic nitrogens is 1. The van der Waals surface area contributed by atoms with Crippen LogP contribution in [0.15, 0.2) is 23.6 Å². The fraction of sp³-hybridized carbons (Fsp3) is 0.357. The quantitative estimate of drug-likeness (QED) is 0.920. The summed E-state index contributed by atoms with van der Waals surface area (Å²) in [6.45, 7) is 5.26. The number of aliphatic hydroxyl groups is 1. The van der Waals surface area contributed by atoms with Gasteiger partial charge in [0, 0.05) is 17.4 Å². The third-order valence-corrected chi connectivity index (χ3v) is 3.44. The summed E-state index contributed by atoms with van der Waals surface area (Å²) in [4.78, 5) is 4.47. The molecule has 1 aromatic heterocycles. The Morgan fingerprint density at radius 2 is 2.11 bits per heavy atom. The average molecular weight is 265 g/mol. The molecule has 0 fully saturated rings. The molecule has 1 aromatic carbocycles. The Balaban J connectivity index is 2.26. The van der Waals surface area contributed by atoms with Gasteiger partial charge >= 0.3 is 0 Å². The van der Waals surface area contributed by atoms with Gasteiger partial charge in [0.15, 0.2) is 0 Å². The lowest BCUT2D eigenvalue weighted by atomic mass is 10.1. The minimum absolute atomic E-state index is 0.203. The molecule has 1 heterocycles. The molecule has 96 valence electrons. The fourth-order valence-electron chi connectivity index (χ4n) is 1.70. The van der Waals surface area contributed by atoms with Crippen molar-refractivity contribution in [3.63, 3.8) is 0 Å². The van der Waals surface area contributed by atoms with Crippen molar-refractivity contribution >= 4 is 11.3 Å². The molecular formula is C14H16FNOS. The van der Waals surface area contributed by atoms with Crippen molar-refractivity contribution in [1.29, 1.82) is 0 Å². The van der Waals surface area contributed by atoms with Gasteiger partial charge < -0.3 is 5.11 Å². The largest absolute Gasteiger partial charge is 0.390 e. The summed E-state index contributed by atoms with van der Waals surface area (Å²) in [5.41, 5.74) is 1.60. The van der Waals surface area contributed by atoms with Gasteiger partial charge in [-0.15, -0.1) is 11.3 Å². The lowest BCUT2D eigenvalue weighted by molar-refractivity contribution is 0.0809. The predicted octanol–water partition coefficient (Wildman–Crippen LogP) is 3.57. The molecule has 0 radical (unpaired) electrons. The first-order chi connectivity index (χ1) is 8.35. The van der Waals surface area contributed by atoms with Gasteiger partial charge in [0.05, 0.1) is 16.3 Å². The molecule has 0 aliphatic carbocycles. The van der Waals surface area contributed by atoms with Crippen LogP contribution in [0, 0.1) is 12.7 Å². The molecule has 0 aliphatic heterocycles. The van der Waals surface area contributed by atoms with E-state index in [1.165, 1.54) is 17.4 Å². The Labute approximate surface area is 110 Å². The maximum atomic E-state index is 13.2. The Kier molecular flexibility index (Phi) is 3.50. The SMILES string of the molecule is Cc1cc(-c2csc(CC(C)(C)O)n2)ccc1F. The van der Waals surface area contributed by atoms with E-state index in [-0.39, 0.29) is 5.82 Å². The van der Waals surface area contributed by atoms with E-state index in [4.69, 9.17) is 0 Å². The molecule has 0 spiro atoms. The molecule has 0 saturated carbocycles. The maximum Gasteiger partial charge on any atom is 0.126 e. The Morgan fingerprint density at radius 3 is 2.72 bits per heavy atom. The second kappa shape index (κ2) is 4.78. The third-order valence-electron chi connectivity index (χ3n) is 2.59. The highest BCUT2D eigenvalue weighted by molar-refractivity contribution is 7.09. The molecule has 0 unspecified atom stereocenters. The monoisotopic (exact) mass is 265 g/mol. The normalized spacial score (nSPS) is 11.8. The molecule has 2 nitrogen and oxygen atoms in total. The highest BCUT2D eigenvalue weighted by Crippen LogP contribution is 2.25. The molecular weight excluding hydrogens is 249 g/mol. The van der Waals surface area contributed by atoms with E-state index in [0.717, 1.165) is 16.3 Å². The smallest absolute Gasteiger partial charge is 0.126 e. The summed E-state index contributed by atoms with van der Waals surface area (Å²) in [5.74, 6) is -0.203. The van der Waals surface area contributed by atoms with Crippen LogP contribution in [-0.2, 0) is 6.42 Å². The molecule has 1 N–H and O–H groups in total. The van der Waals surface area contributed by atoms with Crippen LogP contribution < -0.4 is 0 Å². The van der Waals surface area contributed by atoms with Gasteiger partial charge in [0.25, 0.3) is 0 Å². The number of nitrogens with zero attached hydrogens (tertiary/aromatic N) is 1. The predicted molar refractivity (Wildman–Crippen MR) is 72.2 cm³/mol. The van der Waals surface area contributed by atoms with Crippen LogP contribution >= 0.6 is 11.3 Å². The molecule has 0 amide bonds. The van der Waals surface area contributed by atoms with Crippen molar-refractivity contribution in [3.8, 4) is 11.3 Å². The van der Waals surface area contributed by atoms with Gasteiger partial charge in [-0.25, -0.2) is 9.37 Å². The Bertz CT molecular complexity index is 557. The minimum atomic E-state index is -0.756. The highest BCUT2D eigenvalue weighted by atomic mass is 32.1. The van der Waals surface area contributed by atoms with Crippen molar-refractivity contribution in [3.05, 3.63) is 40.0 Å². The molecule has 0 atom stereocenters. The lowest BCUT2D eigenvalue weighted by Crippen LogP contribution is -2.21. The van der Waals surface area contributed by atoms with Crippen LogP contribution in [-0.4, -0.2) is 15.7 Å². The van der Waals surface area contributed by atoms with Gasteiger partial charge in [0.1, 0.15) is 5.82 Å². The molecule has 2 aromatic rings. The average Bonchev–Trinajstić information content (AvgIpc) is 2.68. The second-order valence-electron chi connectivity index (χ2n) is 5.08. The first kappa shape index (κ1) is 13.2. The van der Waals surface area contributed by atoms with Crippen molar-refractivity contribution in [2.45, 2.75) is 32.8 Å². The van der Waals surface area contributed by atoms with Crippen LogP contribution in [0.4, 0.5) is 4.39 Å². The number of rotatable bonds is 3. The van der Waals surface area contributed by atoms with Gasteiger partial charge in [-0.1, -0.05) is 0 Å². The zero-order chi connectivity index (χ0) is 13.3. The highest BCUT2D eigenvalue weighted by Gasteiger charge is 2.16. The van der Waals surface area contributed by atoms with Crippen molar-refractivity contribution in [2.75, 3.05) is 0 Å². The molecule has 2 rings (SSSR count). The molecule has 18 heavy (non-hydrogen) atoms. The van der Waals surface area contributed by atoms with Crippen molar-refractivity contribution < 1.29 is 9.50 Å². The summed E-state index contributed by atoms with van der Waals surface area (Å²) in [6.07, 6.45) is 0.526. The number of benzene rings is 1. The summed E-state index contributed by atoms with van der Waals surface area (Å²) in [7, 11) is 0. The van der Waals surface area contributed by atoms with E-state index in [1.807, 2.05) is 5.38 Å². The molecule has 4 heteroatoms. The van der Waals surface area contributed by atoms with E-state index >= 15 is 0 Å². The minimum Gasteiger partial charge on any atom is -0.390 e. The first-order valence-corrected chi connectivity index (χ1v) is 6.66. The molecule has 0 bridgehead atoms. The van der Waals surface area contributed by atoms with E-state index in [9.17, 15) is 9.50 Å². The number of hydrogen-bond donors (Lipinski definition) is 1. The topological polar surface area (TPSA) is 33.1 Å². The zero-order valence-corrected chi connectivity index (χ0v) is 11.5. The third kappa shape index (κ3) is 3.15. The van der Waals surface area contributed by atoms with Crippen LogP contribution in [0.3, 0.4) is 0 Å². The van der Waals surface area contributed by atoms with Crippen LogP contribution in [0.25, 0.3) is 11.3 Å². The van der Waals surface area contributed by atoms with Gasteiger partial charge in [-0.3, -0.25) is 0 Å². The maximum absolute atomic E-state index is 13.2. The van der Waals surface area contributed by atoms with Gasteiger partial charge in [0.2, 0.25) is 0 Å². The van der Waals surface area contributed by atoms with Crippen LogP contribution in [0.5, 0.6) is 0 Å². The van der Waals surface area contributed by atoms with Gasteiger partial charge in [-0.2, -0.15) is 0 Å². The fourth-order valence-corrected chi connectivity index (χ4v) is 2.72.